The van der Waals surface area contributed by atoms with E-state index in [2.05, 4.69) is 9.97 Å². The van der Waals surface area contributed by atoms with Gasteiger partial charge in [-0.1, -0.05) is 47.7 Å². The van der Waals surface area contributed by atoms with Crippen LogP contribution in [0.2, 0.25) is 0 Å². The van der Waals surface area contributed by atoms with Crippen LogP contribution < -0.4 is 4.72 Å². The number of sulfonamides is 1. The molecule has 0 amide bonds. The first kappa shape index (κ1) is 33.5. The zero-order valence-corrected chi connectivity index (χ0v) is 27.9. The molecule has 5 rings (SSSR count). The Hall–Kier alpha value is -3.86. The number of pyridine rings is 1. The largest absolute Gasteiger partial charge is 0.516 e. The van der Waals surface area contributed by atoms with Crippen LogP contribution in [0.25, 0.3) is 43.7 Å². The predicted molar refractivity (Wildman–Crippen MR) is 173 cm³/mol. The van der Waals surface area contributed by atoms with Gasteiger partial charge in [0.1, 0.15) is 0 Å². The van der Waals surface area contributed by atoms with Crippen LogP contribution in [0.3, 0.4) is 0 Å². The maximum absolute atomic E-state index is 13.2. The summed E-state index contributed by atoms with van der Waals surface area (Å²) in [6.45, 7) is 3.20. The van der Waals surface area contributed by atoms with E-state index in [4.69, 9.17) is 0 Å². The summed E-state index contributed by atoms with van der Waals surface area (Å²) in [4.78, 5) is 8.98. The molecule has 0 aliphatic carbocycles. The summed E-state index contributed by atoms with van der Waals surface area (Å²) in [6.07, 6.45) is 3.77. The molecule has 5 aromatic rings. The number of nitrogens with one attached hydrogen (secondary N) is 1. The summed E-state index contributed by atoms with van der Waals surface area (Å²) in [7, 11) is -12.9. The van der Waals surface area contributed by atoms with Gasteiger partial charge in [0, 0.05) is 35.2 Å². The molecule has 0 unspecified atom stereocenters. The average molecular weight is 710 g/mol. The van der Waals surface area contributed by atoms with E-state index >= 15 is 0 Å². The Bertz CT molecular complexity index is 2320. The molecule has 0 saturated heterocycles. The summed E-state index contributed by atoms with van der Waals surface area (Å²) in [5.74, 6) is 0. The molecule has 0 radical (unpaired) electrons. The fourth-order valence-corrected chi connectivity index (χ4v) is 7.49. The van der Waals surface area contributed by atoms with Crippen molar-refractivity contribution < 1.29 is 38.4 Å². The van der Waals surface area contributed by atoms with Crippen molar-refractivity contribution in [3.8, 4) is 32.8 Å². The molecule has 2 aromatic heterocycles. The van der Waals surface area contributed by atoms with Crippen molar-refractivity contribution in [1.29, 1.82) is 0 Å². The normalized spacial score (nSPS) is 13.2. The highest BCUT2D eigenvalue weighted by atomic mass is 32.2. The number of rotatable bonds is 8. The first-order valence-electron chi connectivity index (χ1n) is 13.3. The number of benzene rings is 3. The van der Waals surface area contributed by atoms with E-state index in [0.717, 1.165) is 12.5 Å². The van der Waals surface area contributed by atoms with Gasteiger partial charge in [0.05, 0.1) is 25.7 Å². The standard InChI is InChI=1S/C30H26F3N3O6S4/c1-29(2,45(4,39)40)22-16-20-9-6-14-34-25(20)24(17-22)19-7-5-8-21(15-19)27-26(18-10-12-23(13-11-18)44(3,37)38)35-28(43-27)36-46(41,42)30(31,32)33/h5-17H,1-4H3,(H,35,36). The molecule has 0 aliphatic rings. The minimum Gasteiger partial charge on any atom is -0.256 e. The molecular formula is C30H26F3N3O6S4. The SMILES string of the molecule is CC(C)(c1cc(-c2cccc(-c3sc(NS(=O)(=O)C(F)(F)F)nc3-c3ccc(S(C)(=O)=O)cc3)c2)c2ncccc2c1)S(C)(=O)=O. The Morgan fingerprint density at radius 3 is 2.04 bits per heavy atom. The van der Waals surface area contributed by atoms with Gasteiger partial charge < -0.3 is 0 Å². The molecule has 2 heterocycles. The quantitative estimate of drug-likeness (QED) is 0.189. The molecule has 16 heteroatoms. The summed E-state index contributed by atoms with van der Waals surface area (Å²) < 4.78 is 113. The number of fused-ring (bicyclic) bond motifs is 1. The van der Waals surface area contributed by atoms with Crippen molar-refractivity contribution in [2.45, 2.75) is 29.0 Å². The number of nitrogens with zero attached hydrogens (tertiary/aromatic N) is 2. The van der Waals surface area contributed by atoms with E-state index < -0.39 is 45.1 Å². The second-order valence-corrected chi connectivity index (χ2v) is 18.3. The van der Waals surface area contributed by atoms with Gasteiger partial charge in [0.25, 0.3) is 0 Å². The third-order valence-electron chi connectivity index (χ3n) is 7.47. The molecule has 0 atom stereocenters. The lowest BCUT2D eigenvalue weighted by Gasteiger charge is -2.24. The predicted octanol–water partition coefficient (Wildman–Crippen LogP) is 6.64. The Balaban J connectivity index is 1.72. The van der Waals surface area contributed by atoms with Gasteiger partial charge in [-0.3, -0.25) is 9.71 Å². The highest BCUT2D eigenvalue weighted by Crippen LogP contribution is 2.43. The third kappa shape index (κ3) is 6.38. The maximum atomic E-state index is 13.2. The van der Waals surface area contributed by atoms with Crippen molar-refractivity contribution in [2.24, 2.45) is 0 Å². The lowest BCUT2D eigenvalue weighted by Crippen LogP contribution is -2.29. The van der Waals surface area contributed by atoms with Gasteiger partial charge in [-0.05, 0) is 66.9 Å². The summed E-state index contributed by atoms with van der Waals surface area (Å²) in [5, 5.41) is 0.134. The number of aromatic nitrogens is 2. The van der Waals surface area contributed by atoms with Crippen molar-refractivity contribution >= 4 is 57.1 Å². The smallest absolute Gasteiger partial charge is 0.256 e. The molecule has 242 valence electrons. The fraction of sp³-hybridized carbons (Fsp3) is 0.200. The Kier molecular flexibility index (Phi) is 8.33. The zero-order chi connectivity index (χ0) is 33.9. The number of sulfone groups is 2. The van der Waals surface area contributed by atoms with Gasteiger partial charge in [-0.25, -0.2) is 21.8 Å². The van der Waals surface area contributed by atoms with Crippen LogP contribution >= 0.6 is 11.3 Å². The Labute approximate surface area is 268 Å². The van der Waals surface area contributed by atoms with Gasteiger partial charge >= 0.3 is 15.5 Å². The van der Waals surface area contributed by atoms with Crippen LogP contribution in [-0.2, 0) is 34.4 Å². The van der Waals surface area contributed by atoms with Crippen LogP contribution in [0.4, 0.5) is 18.3 Å². The van der Waals surface area contributed by atoms with Gasteiger partial charge in [0.15, 0.2) is 24.8 Å². The number of thiazole rings is 1. The first-order valence-corrected chi connectivity index (χ1v) is 19.4. The number of halogens is 3. The second-order valence-electron chi connectivity index (χ2n) is 11.0. The number of hydrogen-bond donors (Lipinski definition) is 1. The van der Waals surface area contributed by atoms with Crippen LogP contribution in [-0.4, -0.2) is 53.2 Å². The molecule has 3 aromatic carbocycles. The van der Waals surface area contributed by atoms with Crippen molar-refractivity contribution in [3.05, 3.63) is 84.6 Å². The van der Waals surface area contributed by atoms with Gasteiger partial charge in [0.2, 0.25) is 0 Å². The molecule has 0 aliphatic heterocycles. The van der Waals surface area contributed by atoms with E-state index in [1.54, 1.807) is 68.6 Å². The minimum atomic E-state index is -5.79. The lowest BCUT2D eigenvalue weighted by molar-refractivity contribution is -0.0429. The molecule has 46 heavy (non-hydrogen) atoms. The Morgan fingerprint density at radius 1 is 0.783 bits per heavy atom. The second kappa shape index (κ2) is 11.4. The van der Waals surface area contributed by atoms with Crippen LogP contribution in [0.1, 0.15) is 19.4 Å². The van der Waals surface area contributed by atoms with Crippen molar-refractivity contribution in [2.75, 3.05) is 17.2 Å². The molecule has 1 N–H and O–H groups in total. The number of anilines is 1. The highest BCUT2D eigenvalue weighted by Gasteiger charge is 2.46. The molecule has 0 bridgehead atoms. The number of hydrogen-bond acceptors (Lipinski definition) is 9. The topological polar surface area (TPSA) is 140 Å². The van der Waals surface area contributed by atoms with Gasteiger partial charge in [-0.2, -0.15) is 21.6 Å². The minimum absolute atomic E-state index is 0.00398. The molecule has 9 nitrogen and oxygen atoms in total. The summed E-state index contributed by atoms with van der Waals surface area (Å²) in [6, 6.07) is 19.3. The van der Waals surface area contributed by atoms with E-state index in [9.17, 15) is 38.4 Å². The van der Waals surface area contributed by atoms with E-state index in [0.29, 0.717) is 54.9 Å². The van der Waals surface area contributed by atoms with Crippen LogP contribution in [0, 0.1) is 0 Å². The van der Waals surface area contributed by atoms with Crippen LogP contribution in [0.5, 0.6) is 0 Å². The maximum Gasteiger partial charge on any atom is 0.516 e. The molecular weight excluding hydrogens is 684 g/mol. The summed E-state index contributed by atoms with van der Waals surface area (Å²) >= 11 is 0.664. The Morgan fingerprint density at radius 2 is 1.43 bits per heavy atom. The molecule has 0 fully saturated rings. The molecule has 0 saturated carbocycles. The average Bonchev–Trinajstić information content (AvgIpc) is 3.38. The lowest BCUT2D eigenvalue weighted by atomic mass is 9.92. The van der Waals surface area contributed by atoms with Crippen molar-refractivity contribution in [1.82, 2.24) is 9.97 Å². The van der Waals surface area contributed by atoms with Crippen molar-refractivity contribution in [3.63, 3.8) is 0 Å². The third-order valence-corrected chi connectivity index (χ3v) is 12.9. The summed E-state index contributed by atoms with van der Waals surface area (Å²) in [5.41, 5.74) is -2.43. The molecule has 0 spiro atoms. The zero-order valence-electron chi connectivity index (χ0n) is 24.6. The van der Waals surface area contributed by atoms with E-state index in [-0.39, 0.29) is 10.6 Å². The fourth-order valence-electron chi connectivity index (χ4n) is 4.59. The highest BCUT2D eigenvalue weighted by molar-refractivity contribution is 7.93. The van der Waals surface area contributed by atoms with E-state index in [1.807, 2.05) is 0 Å². The van der Waals surface area contributed by atoms with E-state index in [1.165, 1.54) is 29.0 Å². The monoisotopic (exact) mass is 709 g/mol. The number of alkyl halides is 3. The first-order chi connectivity index (χ1) is 21.2. The van der Waals surface area contributed by atoms with Gasteiger partial charge in [-0.15, -0.1) is 0 Å². The van der Waals surface area contributed by atoms with Crippen LogP contribution in [0.15, 0.2) is 83.9 Å².